The van der Waals surface area contributed by atoms with E-state index in [9.17, 15) is 5.11 Å². The van der Waals surface area contributed by atoms with Gasteiger partial charge in [-0.2, -0.15) is 0 Å². The van der Waals surface area contributed by atoms with Crippen molar-refractivity contribution in [2.45, 2.75) is 44.7 Å². The molecular formula is C23H24Cl2N2OS. The predicted molar refractivity (Wildman–Crippen MR) is 122 cm³/mol. The molecule has 0 amide bonds. The molecule has 1 aliphatic heterocycles. The average molecular weight is 447 g/mol. The largest absolute Gasteiger partial charge is 0.379 e. The van der Waals surface area contributed by atoms with Gasteiger partial charge in [0.25, 0.3) is 0 Å². The summed E-state index contributed by atoms with van der Waals surface area (Å²) in [6.07, 6.45) is 0. The van der Waals surface area contributed by atoms with Gasteiger partial charge in [-0.25, -0.2) is 4.98 Å². The number of halogens is 2. The van der Waals surface area contributed by atoms with Crippen LogP contribution in [0.15, 0.2) is 42.5 Å². The molecule has 2 aromatic carbocycles. The minimum absolute atomic E-state index is 0.0473. The van der Waals surface area contributed by atoms with Crippen molar-refractivity contribution < 1.29 is 5.11 Å². The summed E-state index contributed by atoms with van der Waals surface area (Å²) in [4.78, 5) is 5.39. The number of aryl methyl sites for hydroxylation is 2. The number of alkyl halides is 1. The molecule has 0 saturated carbocycles. The van der Waals surface area contributed by atoms with Crippen LogP contribution in [0, 0.1) is 19.8 Å². The molecule has 0 radical (unpaired) electrons. The second kappa shape index (κ2) is 7.59. The van der Waals surface area contributed by atoms with Gasteiger partial charge in [-0.3, -0.25) is 0 Å². The summed E-state index contributed by atoms with van der Waals surface area (Å²) >= 11 is 15.0. The molecule has 0 bridgehead atoms. The summed E-state index contributed by atoms with van der Waals surface area (Å²) in [5.74, 6) is -0.109. The smallest absolute Gasteiger partial charge is 0.128 e. The monoisotopic (exact) mass is 446 g/mol. The molecule has 0 saturated heterocycles. The van der Waals surface area contributed by atoms with Crippen LogP contribution in [0.2, 0.25) is 5.02 Å². The van der Waals surface area contributed by atoms with E-state index in [4.69, 9.17) is 23.2 Å². The third-order valence-corrected chi connectivity index (χ3v) is 7.58. The summed E-state index contributed by atoms with van der Waals surface area (Å²) in [5.41, 5.74) is 3.09. The van der Waals surface area contributed by atoms with Crippen molar-refractivity contribution in [3.8, 4) is 0 Å². The average Bonchev–Trinajstić information content (AvgIpc) is 3.19. The molecule has 1 aromatic heterocycles. The normalized spacial score (nSPS) is 20.4. The summed E-state index contributed by atoms with van der Waals surface area (Å²) in [5, 5.41) is 16.8. The Morgan fingerprint density at radius 2 is 1.86 bits per heavy atom. The summed E-state index contributed by atoms with van der Waals surface area (Å²) in [6, 6.07) is 14.0. The number of rotatable bonds is 4. The standard InChI is InChI=1S/C23H24Cl2N2OS/c1-12(2)23(28,21-13(3)26-14(4)29-21)16-10-17(24)20-18(11-16)27-22(25)19(20)15-8-6-5-7-9-15/h5-12,19,22,27-28H,1-4H3. The van der Waals surface area contributed by atoms with Gasteiger partial charge in [0.1, 0.15) is 11.1 Å². The molecule has 152 valence electrons. The van der Waals surface area contributed by atoms with Gasteiger partial charge in [0.05, 0.1) is 15.6 Å². The van der Waals surface area contributed by atoms with Crippen molar-refractivity contribution >= 4 is 40.2 Å². The van der Waals surface area contributed by atoms with E-state index in [1.165, 1.54) is 11.3 Å². The maximum atomic E-state index is 11.9. The molecule has 1 aliphatic rings. The molecule has 3 unspecified atom stereocenters. The zero-order valence-corrected chi connectivity index (χ0v) is 19.2. The Hall–Kier alpha value is -1.59. The van der Waals surface area contributed by atoms with E-state index >= 15 is 0 Å². The van der Waals surface area contributed by atoms with Gasteiger partial charge in [0.15, 0.2) is 0 Å². The lowest BCUT2D eigenvalue weighted by molar-refractivity contribution is 0.0346. The maximum absolute atomic E-state index is 11.9. The lowest BCUT2D eigenvalue weighted by atomic mass is 9.80. The number of nitrogens with zero attached hydrogens (tertiary/aromatic N) is 1. The molecule has 3 aromatic rings. The number of hydrogen-bond acceptors (Lipinski definition) is 4. The van der Waals surface area contributed by atoms with E-state index in [1.807, 2.05) is 58.0 Å². The van der Waals surface area contributed by atoms with Gasteiger partial charge < -0.3 is 10.4 Å². The van der Waals surface area contributed by atoms with Crippen LogP contribution in [0.3, 0.4) is 0 Å². The van der Waals surface area contributed by atoms with E-state index in [0.717, 1.165) is 38.0 Å². The Bertz CT molecular complexity index is 1050. The van der Waals surface area contributed by atoms with Crippen LogP contribution in [-0.4, -0.2) is 15.6 Å². The first-order chi connectivity index (χ1) is 13.7. The number of aromatic nitrogens is 1. The van der Waals surface area contributed by atoms with Crippen LogP contribution in [0.4, 0.5) is 5.69 Å². The van der Waals surface area contributed by atoms with Gasteiger partial charge in [-0.15, -0.1) is 11.3 Å². The molecule has 3 atom stereocenters. The topological polar surface area (TPSA) is 45.2 Å². The third-order valence-electron chi connectivity index (χ3n) is 5.71. The minimum atomic E-state index is -1.18. The summed E-state index contributed by atoms with van der Waals surface area (Å²) in [7, 11) is 0. The Morgan fingerprint density at radius 1 is 1.17 bits per heavy atom. The van der Waals surface area contributed by atoms with Crippen LogP contribution >= 0.6 is 34.5 Å². The van der Waals surface area contributed by atoms with E-state index in [0.29, 0.717) is 5.02 Å². The zero-order chi connectivity index (χ0) is 20.9. The fourth-order valence-electron chi connectivity index (χ4n) is 4.26. The lowest BCUT2D eigenvalue weighted by Gasteiger charge is -2.33. The third kappa shape index (κ3) is 3.36. The Labute approximate surface area is 185 Å². The molecule has 2 heterocycles. The molecule has 4 rings (SSSR count). The molecular weight excluding hydrogens is 423 g/mol. The zero-order valence-electron chi connectivity index (χ0n) is 16.8. The van der Waals surface area contributed by atoms with Crippen LogP contribution in [0.25, 0.3) is 0 Å². The molecule has 0 aliphatic carbocycles. The highest BCUT2D eigenvalue weighted by Gasteiger charge is 2.41. The van der Waals surface area contributed by atoms with E-state index in [-0.39, 0.29) is 17.3 Å². The van der Waals surface area contributed by atoms with Crippen molar-refractivity contribution in [2.24, 2.45) is 5.92 Å². The summed E-state index contributed by atoms with van der Waals surface area (Å²) in [6.45, 7) is 7.93. The first kappa shape index (κ1) is 20.7. The highest BCUT2D eigenvalue weighted by Crippen LogP contribution is 2.49. The fraction of sp³-hybridized carbons (Fsp3) is 0.348. The first-order valence-electron chi connectivity index (χ1n) is 9.69. The molecule has 0 fully saturated rings. The number of hydrogen-bond donors (Lipinski definition) is 2. The maximum Gasteiger partial charge on any atom is 0.128 e. The Balaban J connectivity index is 1.87. The number of fused-ring (bicyclic) bond motifs is 1. The summed E-state index contributed by atoms with van der Waals surface area (Å²) < 4.78 is 0. The minimum Gasteiger partial charge on any atom is -0.379 e. The highest BCUT2D eigenvalue weighted by atomic mass is 35.5. The second-order valence-electron chi connectivity index (χ2n) is 7.92. The van der Waals surface area contributed by atoms with Gasteiger partial charge in [0, 0.05) is 22.2 Å². The quantitative estimate of drug-likeness (QED) is 0.358. The molecule has 2 N–H and O–H groups in total. The van der Waals surface area contributed by atoms with Crippen molar-refractivity contribution in [1.82, 2.24) is 4.98 Å². The first-order valence-corrected chi connectivity index (χ1v) is 11.3. The van der Waals surface area contributed by atoms with Gasteiger partial charge >= 0.3 is 0 Å². The molecule has 6 heteroatoms. The Morgan fingerprint density at radius 3 is 2.45 bits per heavy atom. The number of aliphatic hydroxyl groups is 1. The number of benzene rings is 2. The van der Waals surface area contributed by atoms with E-state index in [1.54, 1.807) is 0 Å². The van der Waals surface area contributed by atoms with Gasteiger partial charge in [0.2, 0.25) is 0 Å². The highest BCUT2D eigenvalue weighted by molar-refractivity contribution is 7.11. The van der Waals surface area contributed by atoms with Crippen molar-refractivity contribution in [3.63, 3.8) is 0 Å². The number of thiazole rings is 1. The predicted octanol–water partition coefficient (Wildman–Crippen LogP) is 6.43. The molecule has 0 spiro atoms. The van der Waals surface area contributed by atoms with Crippen LogP contribution in [-0.2, 0) is 5.60 Å². The van der Waals surface area contributed by atoms with Crippen molar-refractivity contribution in [2.75, 3.05) is 5.32 Å². The number of nitrogens with one attached hydrogen (secondary N) is 1. The molecule has 29 heavy (non-hydrogen) atoms. The second-order valence-corrected chi connectivity index (χ2v) is 10.0. The fourth-order valence-corrected chi connectivity index (χ4v) is 6.17. The van der Waals surface area contributed by atoms with Gasteiger partial charge in [-0.1, -0.05) is 67.4 Å². The Kier molecular flexibility index (Phi) is 5.41. The van der Waals surface area contributed by atoms with Crippen LogP contribution in [0.1, 0.15) is 52.0 Å². The van der Waals surface area contributed by atoms with Gasteiger partial charge in [-0.05, 0) is 43.0 Å². The van der Waals surface area contributed by atoms with E-state index in [2.05, 4.69) is 22.4 Å². The SMILES string of the molecule is Cc1nc(C)c(C(O)(c2cc(Cl)c3c(c2)NC(Cl)C3c2ccccc2)C(C)C)s1. The van der Waals surface area contributed by atoms with Crippen LogP contribution < -0.4 is 5.32 Å². The van der Waals surface area contributed by atoms with E-state index < -0.39 is 5.60 Å². The lowest BCUT2D eigenvalue weighted by Crippen LogP contribution is -2.33. The van der Waals surface area contributed by atoms with Crippen molar-refractivity contribution in [1.29, 1.82) is 0 Å². The number of anilines is 1. The molecule has 3 nitrogen and oxygen atoms in total. The van der Waals surface area contributed by atoms with Crippen molar-refractivity contribution in [3.05, 3.63) is 79.8 Å². The van der Waals surface area contributed by atoms with Crippen LogP contribution in [0.5, 0.6) is 0 Å².